The van der Waals surface area contributed by atoms with E-state index < -0.39 is 17.9 Å². The number of carboxylic acids is 1. The van der Waals surface area contributed by atoms with E-state index in [2.05, 4.69) is 0 Å². The van der Waals surface area contributed by atoms with Gasteiger partial charge in [-0.2, -0.15) is 0 Å². The second kappa shape index (κ2) is 6.19. The van der Waals surface area contributed by atoms with E-state index in [1.54, 1.807) is 0 Å². The van der Waals surface area contributed by atoms with Gasteiger partial charge in [-0.1, -0.05) is 11.6 Å². The zero-order valence-electron chi connectivity index (χ0n) is 10.5. The number of hydrogen-bond donors (Lipinski definition) is 1. The SMILES string of the molecule is O=C(O)CC1CN(C(=O)c2ccc(F)cc2Cl)CCO1. The topological polar surface area (TPSA) is 66.8 Å². The van der Waals surface area contributed by atoms with Gasteiger partial charge >= 0.3 is 5.97 Å². The average Bonchev–Trinajstić information content (AvgIpc) is 2.37. The molecule has 0 bridgehead atoms. The molecule has 1 atom stereocenters. The molecule has 108 valence electrons. The Morgan fingerprint density at radius 3 is 2.90 bits per heavy atom. The standard InChI is InChI=1S/C13H13ClFNO4/c14-11-5-8(15)1-2-10(11)13(19)16-3-4-20-9(7-16)6-12(17)18/h1-2,5,9H,3-4,6-7H2,(H,17,18). The van der Waals surface area contributed by atoms with Gasteiger partial charge in [-0.15, -0.1) is 0 Å². The van der Waals surface area contributed by atoms with E-state index in [1.165, 1.54) is 11.0 Å². The molecule has 7 heteroatoms. The van der Waals surface area contributed by atoms with E-state index in [9.17, 15) is 14.0 Å². The fourth-order valence-electron chi connectivity index (χ4n) is 2.06. The maximum atomic E-state index is 13.0. The molecule has 1 unspecified atom stereocenters. The van der Waals surface area contributed by atoms with Gasteiger partial charge in [-0.25, -0.2) is 4.39 Å². The number of hydrogen-bond acceptors (Lipinski definition) is 3. The minimum atomic E-state index is -0.982. The van der Waals surface area contributed by atoms with Crippen LogP contribution in [0, 0.1) is 5.82 Å². The molecule has 0 aliphatic carbocycles. The number of halogens is 2. The van der Waals surface area contributed by atoms with Crippen LogP contribution in [0.25, 0.3) is 0 Å². The summed E-state index contributed by atoms with van der Waals surface area (Å²) < 4.78 is 18.3. The zero-order valence-corrected chi connectivity index (χ0v) is 11.3. The molecule has 0 aromatic heterocycles. The molecule has 20 heavy (non-hydrogen) atoms. The van der Waals surface area contributed by atoms with Crippen molar-refractivity contribution < 1.29 is 23.8 Å². The maximum Gasteiger partial charge on any atom is 0.306 e. The van der Waals surface area contributed by atoms with Gasteiger partial charge in [0.15, 0.2) is 0 Å². The van der Waals surface area contributed by atoms with Gasteiger partial charge in [-0.05, 0) is 18.2 Å². The molecule has 1 heterocycles. The molecule has 0 radical (unpaired) electrons. The fraction of sp³-hybridized carbons (Fsp3) is 0.385. The molecule has 1 amide bonds. The molecule has 1 aliphatic rings. The summed E-state index contributed by atoms with van der Waals surface area (Å²) in [4.78, 5) is 24.4. The largest absolute Gasteiger partial charge is 0.481 e. The van der Waals surface area contributed by atoms with Crippen LogP contribution in [0.1, 0.15) is 16.8 Å². The van der Waals surface area contributed by atoms with Gasteiger partial charge in [0.1, 0.15) is 5.82 Å². The monoisotopic (exact) mass is 301 g/mol. The Labute approximate surface area is 119 Å². The first-order chi connectivity index (χ1) is 9.47. The van der Waals surface area contributed by atoms with Crippen LogP contribution < -0.4 is 0 Å². The van der Waals surface area contributed by atoms with E-state index in [0.29, 0.717) is 6.54 Å². The maximum absolute atomic E-state index is 13.0. The van der Waals surface area contributed by atoms with E-state index >= 15 is 0 Å². The lowest BCUT2D eigenvalue weighted by molar-refractivity contribution is -0.141. The highest BCUT2D eigenvalue weighted by Crippen LogP contribution is 2.20. The van der Waals surface area contributed by atoms with E-state index in [1.807, 2.05) is 0 Å². The van der Waals surface area contributed by atoms with Gasteiger partial charge in [-0.3, -0.25) is 9.59 Å². The molecule has 2 rings (SSSR count). The number of carbonyl (C=O) groups excluding carboxylic acids is 1. The molecule has 5 nitrogen and oxygen atoms in total. The zero-order chi connectivity index (χ0) is 14.7. The van der Waals surface area contributed by atoms with Crippen molar-refractivity contribution in [3.63, 3.8) is 0 Å². The molecule has 1 fully saturated rings. The number of benzene rings is 1. The second-order valence-electron chi connectivity index (χ2n) is 4.47. The number of nitrogens with zero attached hydrogens (tertiary/aromatic N) is 1. The number of carbonyl (C=O) groups is 2. The summed E-state index contributed by atoms with van der Waals surface area (Å²) in [5, 5.41) is 8.77. The lowest BCUT2D eigenvalue weighted by atomic mass is 10.1. The van der Waals surface area contributed by atoms with Gasteiger partial charge in [0.05, 0.1) is 29.7 Å². The molecule has 1 N–H and O–H groups in total. The van der Waals surface area contributed by atoms with Gasteiger partial charge in [0.25, 0.3) is 5.91 Å². The fourth-order valence-corrected chi connectivity index (χ4v) is 2.30. The minimum Gasteiger partial charge on any atom is -0.481 e. The molecule has 1 aliphatic heterocycles. The predicted molar refractivity (Wildman–Crippen MR) is 69.3 cm³/mol. The summed E-state index contributed by atoms with van der Waals surface area (Å²) in [6.07, 6.45) is -0.703. The summed E-state index contributed by atoms with van der Waals surface area (Å²) in [6, 6.07) is 3.56. The van der Waals surface area contributed by atoms with Crippen molar-refractivity contribution in [1.29, 1.82) is 0 Å². The van der Waals surface area contributed by atoms with Gasteiger partial charge in [0, 0.05) is 13.1 Å². The quantitative estimate of drug-likeness (QED) is 0.924. The van der Waals surface area contributed by atoms with Crippen LogP contribution in [0.15, 0.2) is 18.2 Å². The molecule has 1 aromatic rings. The molecule has 0 saturated carbocycles. The van der Waals surface area contributed by atoms with Crippen molar-refractivity contribution in [2.24, 2.45) is 0 Å². The number of rotatable bonds is 3. The Kier molecular flexibility index (Phi) is 4.57. The minimum absolute atomic E-state index is 0.0382. The summed E-state index contributed by atoms with van der Waals surface area (Å²) >= 11 is 5.85. The Morgan fingerprint density at radius 1 is 1.50 bits per heavy atom. The Bertz CT molecular complexity index is 537. The number of ether oxygens (including phenoxy) is 1. The molecular weight excluding hydrogens is 289 g/mol. The third-order valence-corrected chi connectivity index (χ3v) is 3.30. The van der Waals surface area contributed by atoms with Crippen LogP contribution in [-0.2, 0) is 9.53 Å². The second-order valence-corrected chi connectivity index (χ2v) is 4.87. The third-order valence-electron chi connectivity index (χ3n) is 2.99. The van der Waals surface area contributed by atoms with Crippen LogP contribution in [0.5, 0.6) is 0 Å². The predicted octanol–water partition coefficient (Wildman–Crippen LogP) is 1.79. The Hall–Kier alpha value is -1.66. The summed E-state index contributed by atoms with van der Waals surface area (Å²) in [7, 11) is 0. The van der Waals surface area contributed by atoms with Crippen molar-refractivity contribution in [3.05, 3.63) is 34.6 Å². The first-order valence-electron chi connectivity index (χ1n) is 6.05. The van der Waals surface area contributed by atoms with Crippen LogP contribution in [0.4, 0.5) is 4.39 Å². The van der Waals surface area contributed by atoms with Crippen LogP contribution in [0.3, 0.4) is 0 Å². The molecule has 1 saturated heterocycles. The van der Waals surface area contributed by atoms with Crippen molar-refractivity contribution in [3.8, 4) is 0 Å². The summed E-state index contributed by atoms with van der Waals surface area (Å²) in [5.74, 6) is -1.85. The normalized spacial score (nSPS) is 18.9. The Morgan fingerprint density at radius 2 is 2.25 bits per heavy atom. The van der Waals surface area contributed by atoms with Gasteiger partial charge in [0.2, 0.25) is 0 Å². The first-order valence-corrected chi connectivity index (χ1v) is 6.43. The highest BCUT2D eigenvalue weighted by atomic mass is 35.5. The smallest absolute Gasteiger partial charge is 0.306 e. The van der Waals surface area contributed by atoms with Crippen LogP contribution in [0.2, 0.25) is 5.02 Å². The van der Waals surface area contributed by atoms with E-state index in [4.69, 9.17) is 21.4 Å². The highest BCUT2D eigenvalue weighted by molar-refractivity contribution is 6.33. The summed E-state index contributed by atoms with van der Waals surface area (Å²) in [6.45, 7) is 0.796. The van der Waals surface area contributed by atoms with Crippen molar-refractivity contribution in [2.45, 2.75) is 12.5 Å². The van der Waals surface area contributed by atoms with Crippen LogP contribution in [-0.4, -0.2) is 47.7 Å². The lowest BCUT2D eigenvalue weighted by Crippen LogP contribution is -2.46. The number of morpholine rings is 1. The number of aliphatic carboxylic acids is 1. The molecular formula is C13H13ClFNO4. The van der Waals surface area contributed by atoms with Crippen molar-refractivity contribution >= 4 is 23.5 Å². The highest BCUT2D eigenvalue weighted by Gasteiger charge is 2.27. The number of amides is 1. The first kappa shape index (κ1) is 14.7. The third kappa shape index (κ3) is 3.46. The van der Waals surface area contributed by atoms with E-state index in [0.717, 1.165) is 12.1 Å². The van der Waals surface area contributed by atoms with Crippen molar-refractivity contribution in [1.82, 2.24) is 4.90 Å². The summed E-state index contributed by atoms with van der Waals surface area (Å²) in [5.41, 5.74) is 0.198. The Balaban J connectivity index is 2.10. The molecule has 0 spiro atoms. The van der Waals surface area contributed by atoms with Crippen LogP contribution >= 0.6 is 11.6 Å². The van der Waals surface area contributed by atoms with Gasteiger partial charge < -0.3 is 14.7 Å². The lowest BCUT2D eigenvalue weighted by Gasteiger charge is -2.32. The van der Waals surface area contributed by atoms with Crippen molar-refractivity contribution in [2.75, 3.05) is 19.7 Å². The van der Waals surface area contributed by atoms with E-state index in [-0.39, 0.29) is 36.1 Å². The number of carboxylic acid groups (broad SMARTS) is 1. The average molecular weight is 302 g/mol. The molecule has 1 aromatic carbocycles.